The van der Waals surface area contributed by atoms with Crippen molar-refractivity contribution >= 4 is 0 Å². The van der Waals surface area contributed by atoms with Crippen LogP contribution in [-0.2, 0) is 39.6 Å². The van der Waals surface area contributed by atoms with Crippen molar-refractivity contribution < 1.29 is 5.11 Å². The second kappa shape index (κ2) is 8.81. The van der Waals surface area contributed by atoms with Crippen molar-refractivity contribution in [3.63, 3.8) is 0 Å². The van der Waals surface area contributed by atoms with Gasteiger partial charge in [0.05, 0.1) is 5.69 Å². The summed E-state index contributed by atoms with van der Waals surface area (Å²) in [6.07, 6.45) is 2.09. The SMILES string of the molecule is Cn1c(CN2C[C@@H]3C[C@H](C2)c2cccc(=O)n2C3)cc(=O)c(O)c1CN1CCc2ccccc2C1. The molecule has 1 aromatic carbocycles. The minimum atomic E-state index is -0.306. The first-order chi connectivity index (χ1) is 17.0. The lowest BCUT2D eigenvalue weighted by Gasteiger charge is -2.43. The van der Waals surface area contributed by atoms with Gasteiger partial charge in [0.1, 0.15) is 0 Å². The number of hydrogen-bond acceptors (Lipinski definition) is 5. The highest BCUT2D eigenvalue weighted by Crippen LogP contribution is 2.35. The number of aromatic hydroxyl groups is 1. The highest BCUT2D eigenvalue weighted by molar-refractivity contribution is 5.32. The third-order valence-corrected chi connectivity index (χ3v) is 8.16. The molecule has 1 N–H and O–H groups in total. The largest absolute Gasteiger partial charge is 0.503 e. The lowest BCUT2D eigenvalue weighted by Crippen LogP contribution is -2.47. The summed E-state index contributed by atoms with van der Waals surface area (Å²) in [7, 11) is 1.96. The molecule has 2 bridgehead atoms. The molecule has 2 atom stereocenters. The van der Waals surface area contributed by atoms with E-state index in [1.807, 2.05) is 22.2 Å². The molecule has 1 fully saturated rings. The standard InChI is InChI=1S/C28H32N4O3/c1-29-23(17-31-13-19-11-22(16-31)24-7-4-8-27(34)32(24)14-19)12-26(33)28(35)25(29)18-30-10-9-20-5-2-3-6-21(20)15-30/h2-8,12,19,22,35H,9-11,13-18H2,1H3/t19-,22+/m0/s1. The molecule has 0 spiro atoms. The van der Waals surface area contributed by atoms with Gasteiger partial charge in [0, 0.05) is 82.3 Å². The van der Waals surface area contributed by atoms with Crippen molar-refractivity contribution in [1.29, 1.82) is 0 Å². The number of pyridine rings is 2. The van der Waals surface area contributed by atoms with E-state index < -0.39 is 0 Å². The van der Waals surface area contributed by atoms with E-state index in [4.69, 9.17) is 0 Å². The summed E-state index contributed by atoms with van der Waals surface area (Å²) in [6, 6.07) is 15.7. The second-order valence-electron chi connectivity index (χ2n) is 10.5. The zero-order chi connectivity index (χ0) is 24.1. The van der Waals surface area contributed by atoms with Crippen LogP contribution in [-0.4, -0.2) is 43.7 Å². The summed E-state index contributed by atoms with van der Waals surface area (Å²) in [6.45, 7) is 5.47. The van der Waals surface area contributed by atoms with Gasteiger partial charge in [-0.15, -0.1) is 0 Å². The number of piperidine rings is 1. The zero-order valence-electron chi connectivity index (χ0n) is 20.2. The van der Waals surface area contributed by atoms with Gasteiger partial charge in [-0.25, -0.2) is 0 Å². The molecule has 0 aliphatic carbocycles. The molecule has 35 heavy (non-hydrogen) atoms. The van der Waals surface area contributed by atoms with Gasteiger partial charge >= 0.3 is 0 Å². The Balaban J connectivity index is 1.23. The third kappa shape index (κ3) is 4.13. The van der Waals surface area contributed by atoms with Crippen LogP contribution in [0.5, 0.6) is 5.75 Å². The molecule has 5 heterocycles. The highest BCUT2D eigenvalue weighted by Gasteiger charge is 2.34. The number of rotatable bonds is 4. The Morgan fingerprint density at radius 1 is 0.943 bits per heavy atom. The fourth-order valence-electron chi connectivity index (χ4n) is 6.38. The first-order valence-electron chi connectivity index (χ1n) is 12.6. The Hall–Kier alpha value is -3.16. The maximum atomic E-state index is 12.8. The Morgan fingerprint density at radius 3 is 2.63 bits per heavy atom. The van der Waals surface area contributed by atoms with Crippen molar-refractivity contribution in [2.45, 2.75) is 44.9 Å². The van der Waals surface area contributed by atoms with Crippen molar-refractivity contribution in [2.24, 2.45) is 13.0 Å². The van der Waals surface area contributed by atoms with Crippen molar-refractivity contribution in [3.8, 4) is 5.75 Å². The average Bonchev–Trinajstić information content (AvgIpc) is 2.86. The van der Waals surface area contributed by atoms with E-state index in [0.717, 1.165) is 57.0 Å². The molecule has 182 valence electrons. The summed E-state index contributed by atoms with van der Waals surface area (Å²) in [4.78, 5) is 29.8. The Bertz CT molecular complexity index is 1390. The predicted molar refractivity (Wildman–Crippen MR) is 134 cm³/mol. The number of nitrogens with zero attached hydrogens (tertiary/aromatic N) is 4. The van der Waals surface area contributed by atoms with Crippen LogP contribution in [0, 0.1) is 5.92 Å². The Morgan fingerprint density at radius 2 is 1.77 bits per heavy atom. The van der Waals surface area contributed by atoms with Gasteiger partial charge in [-0.3, -0.25) is 19.4 Å². The highest BCUT2D eigenvalue weighted by atomic mass is 16.3. The minimum absolute atomic E-state index is 0.0940. The first-order valence-corrected chi connectivity index (χ1v) is 12.6. The van der Waals surface area contributed by atoms with E-state index in [9.17, 15) is 14.7 Å². The molecule has 1 saturated heterocycles. The summed E-state index contributed by atoms with van der Waals surface area (Å²) in [5, 5.41) is 10.7. The molecule has 0 saturated carbocycles. The van der Waals surface area contributed by atoms with Gasteiger partial charge in [-0.2, -0.15) is 0 Å². The lowest BCUT2D eigenvalue weighted by atomic mass is 9.83. The van der Waals surface area contributed by atoms with Gasteiger partial charge in [-0.1, -0.05) is 30.3 Å². The van der Waals surface area contributed by atoms with E-state index in [-0.39, 0.29) is 16.7 Å². The topological polar surface area (TPSA) is 70.7 Å². The predicted octanol–water partition coefficient (Wildman–Crippen LogP) is 2.43. The molecular weight excluding hydrogens is 440 g/mol. The molecule has 3 aromatic rings. The van der Waals surface area contributed by atoms with Crippen LogP contribution in [0.15, 0.2) is 58.1 Å². The summed E-state index contributed by atoms with van der Waals surface area (Å²) in [5.74, 6) is 0.626. The van der Waals surface area contributed by atoms with E-state index in [0.29, 0.717) is 30.6 Å². The van der Waals surface area contributed by atoms with Gasteiger partial charge in [-0.05, 0) is 36.0 Å². The van der Waals surface area contributed by atoms with Crippen molar-refractivity contribution in [2.75, 3.05) is 19.6 Å². The third-order valence-electron chi connectivity index (χ3n) is 8.16. The molecule has 7 nitrogen and oxygen atoms in total. The molecule has 2 aromatic heterocycles. The summed E-state index contributed by atoms with van der Waals surface area (Å²) < 4.78 is 3.96. The van der Waals surface area contributed by atoms with Crippen LogP contribution in [0.2, 0.25) is 0 Å². The maximum Gasteiger partial charge on any atom is 0.250 e. The smallest absolute Gasteiger partial charge is 0.250 e. The van der Waals surface area contributed by atoms with Crippen molar-refractivity contribution in [3.05, 3.63) is 97.3 Å². The number of benzene rings is 1. The van der Waals surface area contributed by atoms with Gasteiger partial charge in [0.15, 0.2) is 5.75 Å². The molecule has 6 rings (SSSR count). The molecule has 7 heteroatoms. The van der Waals surface area contributed by atoms with Crippen LogP contribution in [0.25, 0.3) is 0 Å². The average molecular weight is 473 g/mol. The van der Waals surface area contributed by atoms with Crippen LogP contribution >= 0.6 is 0 Å². The van der Waals surface area contributed by atoms with Crippen molar-refractivity contribution in [1.82, 2.24) is 18.9 Å². The molecule has 3 aliphatic heterocycles. The Kier molecular flexibility index (Phi) is 5.61. The fourth-order valence-corrected chi connectivity index (χ4v) is 6.38. The van der Waals surface area contributed by atoms with Gasteiger partial charge < -0.3 is 14.2 Å². The normalized spacial score (nSPS) is 22.0. The van der Waals surface area contributed by atoms with E-state index in [2.05, 4.69) is 40.1 Å². The summed E-state index contributed by atoms with van der Waals surface area (Å²) in [5.41, 5.74) is 5.22. The Labute approximate surface area is 204 Å². The quantitative estimate of drug-likeness (QED) is 0.632. The molecular formula is C28H32N4O3. The van der Waals surface area contributed by atoms with E-state index in [1.165, 1.54) is 11.1 Å². The monoisotopic (exact) mass is 472 g/mol. The first kappa shape index (κ1) is 22.3. The molecule has 0 radical (unpaired) electrons. The van der Waals surface area contributed by atoms with Crippen LogP contribution in [0.4, 0.5) is 0 Å². The van der Waals surface area contributed by atoms with Crippen LogP contribution < -0.4 is 11.0 Å². The number of fused-ring (bicyclic) bond motifs is 5. The maximum absolute atomic E-state index is 12.8. The lowest BCUT2D eigenvalue weighted by molar-refractivity contribution is 0.112. The molecule has 3 aliphatic rings. The number of likely N-dealkylation sites (tertiary alicyclic amines) is 1. The van der Waals surface area contributed by atoms with Gasteiger partial charge in [0.2, 0.25) is 5.43 Å². The zero-order valence-corrected chi connectivity index (χ0v) is 20.2. The van der Waals surface area contributed by atoms with Crippen LogP contribution in [0.1, 0.15) is 40.5 Å². The molecule has 0 amide bonds. The number of hydrogen-bond donors (Lipinski definition) is 1. The molecule has 0 unspecified atom stereocenters. The second-order valence-corrected chi connectivity index (χ2v) is 10.5. The van der Waals surface area contributed by atoms with Crippen LogP contribution in [0.3, 0.4) is 0 Å². The van der Waals surface area contributed by atoms with E-state index >= 15 is 0 Å². The summed E-state index contributed by atoms with van der Waals surface area (Å²) >= 11 is 0. The van der Waals surface area contributed by atoms with Gasteiger partial charge in [0.25, 0.3) is 5.56 Å². The number of aromatic nitrogens is 2. The minimum Gasteiger partial charge on any atom is -0.503 e. The fraction of sp³-hybridized carbons (Fsp3) is 0.429. The van der Waals surface area contributed by atoms with E-state index in [1.54, 1.807) is 12.1 Å².